The Balaban J connectivity index is 1.35. The minimum atomic E-state index is -0.377. The third-order valence-corrected chi connectivity index (χ3v) is 4.75. The van der Waals surface area contributed by atoms with Crippen LogP contribution in [-0.4, -0.2) is 25.5 Å². The van der Waals surface area contributed by atoms with Crippen LogP contribution in [0.2, 0.25) is 5.02 Å². The van der Waals surface area contributed by atoms with Crippen LogP contribution >= 0.6 is 11.6 Å². The van der Waals surface area contributed by atoms with Gasteiger partial charge in [-0.2, -0.15) is 10.2 Å². The van der Waals surface area contributed by atoms with Crippen molar-refractivity contribution in [2.75, 3.05) is 5.32 Å². The van der Waals surface area contributed by atoms with E-state index in [0.29, 0.717) is 23.0 Å². The number of ether oxygens (including phenoxy) is 1. The Labute approximate surface area is 183 Å². The number of halogens is 2. The van der Waals surface area contributed by atoms with E-state index in [4.69, 9.17) is 16.3 Å². The maximum absolute atomic E-state index is 13.3. The summed E-state index contributed by atoms with van der Waals surface area (Å²) < 4.78 is 22.1. The largest absolute Gasteiger partial charge is 0.470 e. The van der Waals surface area contributed by atoms with Gasteiger partial charge in [-0.1, -0.05) is 29.8 Å². The maximum Gasteiger partial charge on any atom is 0.276 e. The smallest absolute Gasteiger partial charge is 0.276 e. The Morgan fingerprint density at radius 2 is 2.06 bits per heavy atom. The summed E-state index contributed by atoms with van der Waals surface area (Å²) in [5, 5.41) is 11.7. The zero-order valence-electron chi connectivity index (χ0n) is 16.6. The van der Waals surface area contributed by atoms with E-state index in [2.05, 4.69) is 15.5 Å². The molecule has 158 valence electrons. The van der Waals surface area contributed by atoms with Crippen LogP contribution in [0.5, 0.6) is 5.75 Å². The molecule has 0 aliphatic heterocycles. The van der Waals surface area contributed by atoms with E-state index in [9.17, 15) is 9.18 Å². The van der Waals surface area contributed by atoms with Gasteiger partial charge in [-0.25, -0.2) is 9.07 Å². The first-order valence-corrected chi connectivity index (χ1v) is 9.85. The molecule has 0 aliphatic rings. The van der Waals surface area contributed by atoms with Gasteiger partial charge in [0.15, 0.2) is 12.4 Å². The van der Waals surface area contributed by atoms with Gasteiger partial charge in [0, 0.05) is 12.4 Å². The first-order valence-electron chi connectivity index (χ1n) is 9.47. The minimum Gasteiger partial charge on any atom is -0.470 e. The van der Waals surface area contributed by atoms with Crippen molar-refractivity contribution in [1.29, 1.82) is 0 Å². The van der Waals surface area contributed by atoms with Crippen molar-refractivity contribution in [3.8, 4) is 5.75 Å². The summed E-state index contributed by atoms with van der Waals surface area (Å²) >= 11 is 6.12. The van der Waals surface area contributed by atoms with E-state index in [0.717, 1.165) is 11.1 Å². The Morgan fingerprint density at radius 3 is 2.90 bits per heavy atom. The molecule has 0 aliphatic carbocycles. The second-order valence-electron chi connectivity index (χ2n) is 6.96. The molecule has 0 fully saturated rings. The predicted molar refractivity (Wildman–Crippen MR) is 115 cm³/mol. The van der Waals surface area contributed by atoms with E-state index < -0.39 is 0 Å². The van der Waals surface area contributed by atoms with E-state index >= 15 is 0 Å². The van der Waals surface area contributed by atoms with E-state index in [1.165, 1.54) is 23.0 Å². The highest BCUT2D eigenvalue weighted by molar-refractivity contribution is 6.32. The van der Waals surface area contributed by atoms with Crippen LogP contribution in [0.1, 0.15) is 21.6 Å². The fourth-order valence-corrected chi connectivity index (χ4v) is 3.12. The van der Waals surface area contributed by atoms with Gasteiger partial charge in [0.25, 0.3) is 5.91 Å². The molecule has 31 heavy (non-hydrogen) atoms. The third kappa shape index (κ3) is 5.29. The van der Waals surface area contributed by atoms with Crippen LogP contribution in [0, 0.1) is 12.7 Å². The molecule has 0 unspecified atom stereocenters. The lowest BCUT2D eigenvalue weighted by atomic mass is 10.2. The second kappa shape index (κ2) is 9.01. The van der Waals surface area contributed by atoms with Crippen molar-refractivity contribution in [3.63, 3.8) is 0 Å². The number of amides is 1. The van der Waals surface area contributed by atoms with Crippen LogP contribution in [0.25, 0.3) is 0 Å². The lowest BCUT2D eigenvalue weighted by molar-refractivity contribution is 0.102. The molecule has 4 aromatic rings. The Bertz CT molecular complexity index is 1220. The zero-order chi connectivity index (χ0) is 21.8. The van der Waals surface area contributed by atoms with E-state index in [-0.39, 0.29) is 24.1 Å². The summed E-state index contributed by atoms with van der Waals surface area (Å²) in [5.74, 6) is -0.131. The van der Waals surface area contributed by atoms with Crippen LogP contribution in [0.15, 0.2) is 67.1 Å². The molecule has 1 N–H and O–H groups in total. The summed E-state index contributed by atoms with van der Waals surface area (Å²) in [6.45, 7) is 2.45. The van der Waals surface area contributed by atoms with Crippen molar-refractivity contribution in [1.82, 2.24) is 19.6 Å². The quantitative estimate of drug-likeness (QED) is 0.459. The van der Waals surface area contributed by atoms with E-state index in [1.807, 2.05) is 25.1 Å². The third-order valence-electron chi connectivity index (χ3n) is 4.44. The molecule has 2 aromatic heterocycles. The molecular weight excluding hydrogens is 421 g/mol. The van der Waals surface area contributed by atoms with Crippen LogP contribution < -0.4 is 10.1 Å². The number of nitrogens with zero attached hydrogens (tertiary/aromatic N) is 4. The standard InChI is InChI=1S/C22H19ClFN5O2/c1-15-5-6-19(23)21(9-15)31-14-28-8-7-20(27-28)22(30)26-18-11-25-29(13-18)12-16-3-2-4-17(24)10-16/h2-11,13H,12,14H2,1H3,(H,26,30). The zero-order valence-corrected chi connectivity index (χ0v) is 17.4. The Kier molecular flexibility index (Phi) is 5.99. The molecular formula is C22H19ClFN5O2. The minimum absolute atomic E-state index is 0.113. The van der Waals surface area contributed by atoms with Crippen LogP contribution in [0.4, 0.5) is 10.1 Å². The Morgan fingerprint density at radius 1 is 1.19 bits per heavy atom. The fourth-order valence-electron chi connectivity index (χ4n) is 2.94. The molecule has 0 saturated heterocycles. The number of aryl methyl sites for hydroxylation is 1. The molecule has 1 amide bonds. The number of rotatable bonds is 7. The lowest BCUT2D eigenvalue weighted by Gasteiger charge is -2.08. The van der Waals surface area contributed by atoms with Gasteiger partial charge >= 0.3 is 0 Å². The molecule has 9 heteroatoms. The number of hydrogen-bond acceptors (Lipinski definition) is 4. The highest BCUT2D eigenvalue weighted by Gasteiger charge is 2.12. The van der Waals surface area contributed by atoms with Gasteiger partial charge in [-0.3, -0.25) is 9.48 Å². The summed E-state index contributed by atoms with van der Waals surface area (Å²) in [6, 6.07) is 13.4. The molecule has 0 bridgehead atoms. The highest BCUT2D eigenvalue weighted by Crippen LogP contribution is 2.25. The molecule has 7 nitrogen and oxygen atoms in total. The number of nitrogens with one attached hydrogen (secondary N) is 1. The molecule has 0 spiro atoms. The number of benzene rings is 2. The van der Waals surface area contributed by atoms with Crippen molar-refractivity contribution in [2.45, 2.75) is 20.2 Å². The molecule has 0 saturated carbocycles. The number of anilines is 1. The van der Waals surface area contributed by atoms with Crippen molar-refractivity contribution >= 4 is 23.2 Å². The first-order chi connectivity index (χ1) is 15.0. The van der Waals surface area contributed by atoms with Crippen molar-refractivity contribution in [2.24, 2.45) is 0 Å². The van der Waals surface area contributed by atoms with E-state index in [1.54, 1.807) is 35.3 Å². The summed E-state index contributed by atoms with van der Waals surface area (Å²) in [5.41, 5.74) is 2.54. The average Bonchev–Trinajstić information content (AvgIpc) is 3.38. The van der Waals surface area contributed by atoms with Gasteiger partial charge in [0.2, 0.25) is 0 Å². The highest BCUT2D eigenvalue weighted by atomic mass is 35.5. The number of hydrogen-bond donors (Lipinski definition) is 1. The summed E-state index contributed by atoms with van der Waals surface area (Å²) in [7, 11) is 0. The normalized spacial score (nSPS) is 10.8. The van der Waals surface area contributed by atoms with Crippen molar-refractivity contribution in [3.05, 3.63) is 94.8 Å². The van der Waals surface area contributed by atoms with Gasteiger partial charge < -0.3 is 10.1 Å². The second-order valence-corrected chi connectivity index (χ2v) is 7.37. The van der Waals surface area contributed by atoms with Gasteiger partial charge in [-0.05, 0) is 48.4 Å². The number of aromatic nitrogens is 4. The lowest BCUT2D eigenvalue weighted by Crippen LogP contribution is -2.14. The molecule has 2 heterocycles. The number of carbonyl (C=O) groups is 1. The fraction of sp³-hybridized carbons (Fsp3) is 0.136. The topological polar surface area (TPSA) is 74.0 Å². The van der Waals surface area contributed by atoms with Gasteiger partial charge in [-0.15, -0.1) is 0 Å². The maximum atomic E-state index is 13.3. The molecule has 2 aromatic carbocycles. The van der Waals surface area contributed by atoms with Gasteiger partial charge in [0.1, 0.15) is 11.6 Å². The summed E-state index contributed by atoms with van der Waals surface area (Å²) in [4.78, 5) is 12.5. The van der Waals surface area contributed by atoms with Crippen molar-refractivity contribution < 1.29 is 13.9 Å². The van der Waals surface area contributed by atoms with Crippen LogP contribution in [0.3, 0.4) is 0 Å². The van der Waals surface area contributed by atoms with Gasteiger partial charge in [0.05, 0.1) is 23.5 Å². The molecule has 4 rings (SSSR count). The molecule has 0 radical (unpaired) electrons. The molecule has 0 atom stereocenters. The SMILES string of the molecule is Cc1ccc(Cl)c(OCn2ccc(C(=O)Nc3cnn(Cc4cccc(F)c4)c3)n2)c1. The monoisotopic (exact) mass is 439 g/mol. The first kappa shape index (κ1) is 20.6. The summed E-state index contributed by atoms with van der Waals surface area (Å²) in [6.07, 6.45) is 4.84. The average molecular weight is 440 g/mol. The van der Waals surface area contributed by atoms with Crippen LogP contribution in [-0.2, 0) is 13.3 Å². The Hall–Kier alpha value is -3.65. The predicted octanol–water partition coefficient (Wildman–Crippen LogP) is 4.52. The number of carbonyl (C=O) groups excluding carboxylic acids is 1.